The average Bonchev–Trinajstić information content (AvgIpc) is 2.74. The van der Waals surface area contributed by atoms with Crippen LogP contribution in [0.2, 0.25) is 0 Å². The van der Waals surface area contributed by atoms with E-state index in [2.05, 4.69) is 26.3 Å². The second-order valence-corrected chi connectivity index (χ2v) is 5.12. The molecule has 1 heterocycles. The Kier molecular flexibility index (Phi) is 3.90. The minimum absolute atomic E-state index is 0.195. The van der Waals surface area contributed by atoms with E-state index >= 15 is 0 Å². The number of rotatable bonds is 3. The second-order valence-electron chi connectivity index (χ2n) is 4.20. The minimum atomic E-state index is -0.195. The number of aromatic nitrogens is 2. The smallest absolute Gasteiger partial charge is 0.259 e. The van der Waals surface area contributed by atoms with E-state index in [1.807, 2.05) is 13.0 Å². The highest BCUT2D eigenvalue weighted by atomic mass is 79.9. The van der Waals surface area contributed by atoms with Crippen LogP contribution >= 0.6 is 15.9 Å². The Morgan fingerprint density at radius 3 is 2.89 bits per heavy atom. The van der Waals surface area contributed by atoms with Crippen molar-refractivity contribution in [1.29, 1.82) is 0 Å². The summed E-state index contributed by atoms with van der Waals surface area (Å²) in [4.78, 5) is 12.2. The molecule has 100 valence electrons. The lowest BCUT2D eigenvalue weighted by Crippen LogP contribution is -2.14. The largest absolute Gasteiger partial charge is 0.397 e. The van der Waals surface area contributed by atoms with Gasteiger partial charge in [-0.05, 0) is 24.6 Å². The Bertz CT molecular complexity index is 621. The molecule has 1 aromatic heterocycles. The van der Waals surface area contributed by atoms with Crippen LogP contribution in [0.4, 0.5) is 11.4 Å². The Morgan fingerprint density at radius 1 is 1.53 bits per heavy atom. The number of nitrogens with zero attached hydrogens (tertiary/aromatic N) is 2. The molecule has 2 rings (SSSR count). The molecule has 0 bridgehead atoms. The zero-order chi connectivity index (χ0) is 14.0. The molecule has 5 nitrogen and oxygen atoms in total. The summed E-state index contributed by atoms with van der Waals surface area (Å²) in [7, 11) is 1.80. The van der Waals surface area contributed by atoms with Crippen molar-refractivity contribution in [1.82, 2.24) is 9.78 Å². The quantitative estimate of drug-likeness (QED) is 0.853. The normalized spacial score (nSPS) is 10.5. The molecule has 1 aromatic carbocycles. The standard InChI is InChI=1S/C13H15BrN4O/c1-3-11-9(7-18(2)17-11)13(19)16-12-5-4-8(14)6-10(12)15/h4-7H,3,15H2,1-2H3,(H,16,19). The second kappa shape index (κ2) is 5.44. The summed E-state index contributed by atoms with van der Waals surface area (Å²) in [6, 6.07) is 5.34. The summed E-state index contributed by atoms with van der Waals surface area (Å²) >= 11 is 3.33. The van der Waals surface area contributed by atoms with Gasteiger partial charge >= 0.3 is 0 Å². The molecule has 0 aliphatic carbocycles. The van der Waals surface area contributed by atoms with Gasteiger partial charge in [-0.25, -0.2) is 0 Å². The molecule has 1 amide bonds. The number of aryl methyl sites for hydroxylation is 2. The van der Waals surface area contributed by atoms with Crippen LogP contribution in [-0.2, 0) is 13.5 Å². The van der Waals surface area contributed by atoms with Gasteiger partial charge in [0, 0.05) is 17.7 Å². The van der Waals surface area contributed by atoms with Gasteiger partial charge < -0.3 is 11.1 Å². The molecular formula is C13H15BrN4O. The van der Waals surface area contributed by atoms with Gasteiger partial charge in [-0.3, -0.25) is 9.48 Å². The maximum atomic E-state index is 12.2. The highest BCUT2D eigenvalue weighted by Crippen LogP contribution is 2.23. The Labute approximate surface area is 119 Å². The summed E-state index contributed by atoms with van der Waals surface area (Å²) in [5.74, 6) is -0.195. The maximum absolute atomic E-state index is 12.2. The predicted octanol–water partition coefficient (Wildman–Crippen LogP) is 2.58. The lowest BCUT2D eigenvalue weighted by Gasteiger charge is -2.08. The van der Waals surface area contributed by atoms with Crippen LogP contribution in [0.25, 0.3) is 0 Å². The number of nitrogens with two attached hydrogens (primary N) is 1. The molecule has 0 unspecified atom stereocenters. The van der Waals surface area contributed by atoms with Gasteiger partial charge in [-0.15, -0.1) is 0 Å². The van der Waals surface area contributed by atoms with Crippen LogP contribution in [0.15, 0.2) is 28.9 Å². The molecule has 0 saturated carbocycles. The van der Waals surface area contributed by atoms with E-state index in [1.54, 1.807) is 30.1 Å². The summed E-state index contributed by atoms with van der Waals surface area (Å²) < 4.78 is 2.51. The lowest BCUT2D eigenvalue weighted by molar-refractivity contribution is 0.102. The molecule has 0 fully saturated rings. The van der Waals surface area contributed by atoms with E-state index in [0.717, 1.165) is 10.2 Å². The monoisotopic (exact) mass is 322 g/mol. The fourth-order valence-electron chi connectivity index (χ4n) is 1.82. The maximum Gasteiger partial charge on any atom is 0.259 e. The Morgan fingerprint density at radius 2 is 2.26 bits per heavy atom. The van der Waals surface area contributed by atoms with Gasteiger partial charge in [0.25, 0.3) is 5.91 Å². The molecule has 0 saturated heterocycles. The third-order valence-corrected chi connectivity index (χ3v) is 3.24. The number of amides is 1. The molecule has 6 heteroatoms. The van der Waals surface area contributed by atoms with Crippen LogP contribution in [0.5, 0.6) is 0 Å². The molecular weight excluding hydrogens is 308 g/mol. The van der Waals surface area contributed by atoms with Crippen molar-refractivity contribution in [3.63, 3.8) is 0 Å². The van der Waals surface area contributed by atoms with Crippen LogP contribution in [0.3, 0.4) is 0 Å². The number of nitrogen functional groups attached to an aromatic ring is 1. The molecule has 2 aromatic rings. The Balaban J connectivity index is 2.25. The first kappa shape index (κ1) is 13.6. The number of hydrogen-bond donors (Lipinski definition) is 2. The zero-order valence-electron chi connectivity index (χ0n) is 10.8. The van der Waals surface area contributed by atoms with Crippen molar-refractivity contribution < 1.29 is 4.79 Å². The lowest BCUT2D eigenvalue weighted by atomic mass is 10.2. The summed E-state index contributed by atoms with van der Waals surface area (Å²) in [5, 5.41) is 7.05. The first-order chi connectivity index (χ1) is 9.01. The molecule has 0 aliphatic heterocycles. The van der Waals surface area contributed by atoms with Gasteiger partial charge in [-0.2, -0.15) is 5.10 Å². The number of halogens is 1. The van der Waals surface area contributed by atoms with Crippen molar-refractivity contribution in [2.45, 2.75) is 13.3 Å². The number of anilines is 2. The number of carbonyl (C=O) groups excluding carboxylic acids is 1. The summed E-state index contributed by atoms with van der Waals surface area (Å²) in [5.41, 5.74) is 8.32. The van der Waals surface area contributed by atoms with Gasteiger partial charge in [0.1, 0.15) is 0 Å². The SMILES string of the molecule is CCc1nn(C)cc1C(=O)Nc1ccc(Br)cc1N. The van der Waals surface area contributed by atoms with Crippen molar-refractivity contribution in [2.24, 2.45) is 7.05 Å². The fourth-order valence-corrected chi connectivity index (χ4v) is 2.20. The van der Waals surface area contributed by atoms with Gasteiger partial charge in [0.05, 0.1) is 22.6 Å². The van der Waals surface area contributed by atoms with Crippen molar-refractivity contribution >= 4 is 33.2 Å². The third-order valence-electron chi connectivity index (χ3n) is 2.75. The molecule has 19 heavy (non-hydrogen) atoms. The van der Waals surface area contributed by atoms with E-state index in [-0.39, 0.29) is 5.91 Å². The zero-order valence-corrected chi connectivity index (χ0v) is 12.4. The number of nitrogens with one attached hydrogen (secondary N) is 1. The topological polar surface area (TPSA) is 72.9 Å². The van der Waals surface area contributed by atoms with E-state index in [0.29, 0.717) is 23.4 Å². The molecule has 0 atom stereocenters. The van der Waals surface area contributed by atoms with Crippen LogP contribution in [0.1, 0.15) is 23.0 Å². The van der Waals surface area contributed by atoms with E-state index < -0.39 is 0 Å². The Hall–Kier alpha value is -1.82. The van der Waals surface area contributed by atoms with Crippen LogP contribution < -0.4 is 11.1 Å². The molecule has 0 radical (unpaired) electrons. The number of benzene rings is 1. The molecule has 3 N–H and O–H groups in total. The third kappa shape index (κ3) is 2.96. The van der Waals surface area contributed by atoms with Gasteiger partial charge in [0.15, 0.2) is 0 Å². The first-order valence-electron chi connectivity index (χ1n) is 5.90. The van der Waals surface area contributed by atoms with Crippen molar-refractivity contribution in [3.8, 4) is 0 Å². The highest BCUT2D eigenvalue weighted by Gasteiger charge is 2.15. The highest BCUT2D eigenvalue weighted by molar-refractivity contribution is 9.10. The van der Waals surface area contributed by atoms with Crippen LogP contribution in [0, 0.1) is 0 Å². The summed E-state index contributed by atoms with van der Waals surface area (Å²) in [6.07, 6.45) is 2.42. The molecule has 0 spiro atoms. The summed E-state index contributed by atoms with van der Waals surface area (Å²) in [6.45, 7) is 1.97. The van der Waals surface area contributed by atoms with Crippen molar-refractivity contribution in [2.75, 3.05) is 11.1 Å². The minimum Gasteiger partial charge on any atom is -0.397 e. The van der Waals surface area contributed by atoms with Gasteiger partial charge in [0.2, 0.25) is 0 Å². The van der Waals surface area contributed by atoms with E-state index in [9.17, 15) is 4.79 Å². The number of carbonyl (C=O) groups is 1. The fraction of sp³-hybridized carbons (Fsp3) is 0.231. The van der Waals surface area contributed by atoms with Crippen molar-refractivity contribution in [3.05, 3.63) is 40.1 Å². The molecule has 0 aliphatic rings. The predicted molar refractivity (Wildman–Crippen MR) is 79.1 cm³/mol. The van der Waals surface area contributed by atoms with Crippen LogP contribution in [-0.4, -0.2) is 15.7 Å². The van der Waals surface area contributed by atoms with E-state index in [4.69, 9.17) is 5.73 Å². The average molecular weight is 323 g/mol. The van der Waals surface area contributed by atoms with Gasteiger partial charge in [-0.1, -0.05) is 22.9 Å². The first-order valence-corrected chi connectivity index (χ1v) is 6.69. The number of hydrogen-bond acceptors (Lipinski definition) is 3. The van der Waals surface area contributed by atoms with E-state index in [1.165, 1.54) is 0 Å².